The maximum Gasteiger partial charge on any atom is 0.277 e. The third-order valence-corrected chi connectivity index (χ3v) is 7.23. The van der Waals surface area contributed by atoms with Crippen LogP contribution in [0.5, 0.6) is 5.75 Å². The molecule has 0 bridgehead atoms. The van der Waals surface area contributed by atoms with Gasteiger partial charge in [0.2, 0.25) is 15.9 Å². The zero-order chi connectivity index (χ0) is 27.8. The van der Waals surface area contributed by atoms with Crippen LogP contribution in [0.4, 0.5) is 5.69 Å². The molecule has 1 heterocycles. The number of para-hydroxylation sites is 1. The number of carbonyl (C=O) groups excluding carboxylic acids is 2. The number of unbranched alkanes of at least 4 members (excludes halogenated alkanes) is 1. The Labute approximate surface area is 227 Å². The van der Waals surface area contributed by atoms with Gasteiger partial charge in [0.15, 0.2) is 5.60 Å². The molecule has 1 aliphatic heterocycles. The van der Waals surface area contributed by atoms with Crippen LogP contribution in [0.2, 0.25) is 0 Å². The molecule has 1 atom stereocenters. The molecule has 38 heavy (non-hydrogen) atoms. The first-order valence-corrected chi connectivity index (χ1v) is 15.3. The van der Waals surface area contributed by atoms with Gasteiger partial charge in [-0.25, -0.2) is 13.1 Å². The standard InChI is InChI=1S/C29H41N3O5S/c1-5-6-13-25(24-12-8-9-14-26(24)32-19-10-7-11-20-32)30-27(33)21-22-15-17-23(18-16-22)37-29(2,3)28(34)31-38(4,35)36/h8-9,12,14-18,25H,5-7,10-11,13,19-21H2,1-4H3,(H,30,33)(H,31,34)/t25-/m0/s1. The Morgan fingerprint density at radius 1 is 1.03 bits per heavy atom. The summed E-state index contributed by atoms with van der Waals surface area (Å²) in [6.45, 7) is 7.24. The van der Waals surface area contributed by atoms with E-state index in [0.717, 1.165) is 44.2 Å². The largest absolute Gasteiger partial charge is 0.478 e. The van der Waals surface area contributed by atoms with Gasteiger partial charge >= 0.3 is 0 Å². The highest BCUT2D eigenvalue weighted by Crippen LogP contribution is 2.31. The summed E-state index contributed by atoms with van der Waals surface area (Å²) in [6.07, 6.45) is 7.74. The first-order valence-electron chi connectivity index (χ1n) is 13.4. The molecule has 2 amide bonds. The van der Waals surface area contributed by atoms with E-state index in [1.165, 1.54) is 44.4 Å². The van der Waals surface area contributed by atoms with Gasteiger partial charge in [-0.1, -0.05) is 50.1 Å². The van der Waals surface area contributed by atoms with Crippen LogP contribution in [0, 0.1) is 0 Å². The Morgan fingerprint density at radius 2 is 1.68 bits per heavy atom. The molecule has 2 aromatic carbocycles. The van der Waals surface area contributed by atoms with E-state index in [1.54, 1.807) is 24.3 Å². The Hall–Kier alpha value is -3.07. The zero-order valence-corrected chi connectivity index (χ0v) is 23.8. The van der Waals surface area contributed by atoms with Gasteiger partial charge in [-0.15, -0.1) is 0 Å². The SMILES string of the molecule is CCCC[C@H](NC(=O)Cc1ccc(OC(C)(C)C(=O)NS(C)(=O)=O)cc1)c1ccccc1N1CCCCC1. The van der Waals surface area contributed by atoms with E-state index in [2.05, 4.69) is 35.3 Å². The smallest absolute Gasteiger partial charge is 0.277 e. The van der Waals surface area contributed by atoms with Crippen molar-refractivity contribution in [1.29, 1.82) is 0 Å². The van der Waals surface area contributed by atoms with Crippen molar-refractivity contribution in [1.82, 2.24) is 10.0 Å². The molecule has 0 unspecified atom stereocenters. The first-order chi connectivity index (χ1) is 18.0. The molecule has 2 N–H and O–H groups in total. The van der Waals surface area contributed by atoms with Gasteiger partial charge in [0, 0.05) is 18.8 Å². The summed E-state index contributed by atoms with van der Waals surface area (Å²) in [5.74, 6) is -0.411. The highest BCUT2D eigenvalue weighted by atomic mass is 32.2. The lowest BCUT2D eigenvalue weighted by atomic mass is 9.97. The minimum absolute atomic E-state index is 0.0546. The Balaban J connectivity index is 1.67. The fourth-order valence-corrected chi connectivity index (χ4v) is 5.24. The Morgan fingerprint density at radius 3 is 2.32 bits per heavy atom. The molecule has 2 aromatic rings. The summed E-state index contributed by atoms with van der Waals surface area (Å²) in [6, 6.07) is 15.3. The molecule has 0 aliphatic carbocycles. The van der Waals surface area contributed by atoms with Crippen molar-refractivity contribution >= 4 is 27.5 Å². The number of rotatable bonds is 12. The van der Waals surface area contributed by atoms with Crippen LogP contribution in [-0.4, -0.2) is 45.2 Å². The molecule has 208 valence electrons. The van der Waals surface area contributed by atoms with Gasteiger partial charge in [0.1, 0.15) is 5.75 Å². The van der Waals surface area contributed by atoms with E-state index in [4.69, 9.17) is 4.74 Å². The van der Waals surface area contributed by atoms with Crippen LogP contribution >= 0.6 is 0 Å². The third kappa shape index (κ3) is 8.75. The Kier molecular flexibility index (Phi) is 10.2. The maximum atomic E-state index is 13.1. The molecule has 0 radical (unpaired) electrons. The zero-order valence-electron chi connectivity index (χ0n) is 23.0. The average molecular weight is 544 g/mol. The number of hydrogen-bond acceptors (Lipinski definition) is 6. The first kappa shape index (κ1) is 29.5. The van der Waals surface area contributed by atoms with Crippen molar-refractivity contribution in [2.45, 2.75) is 77.4 Å². The van der Waals surface area contributed by atoms with Crippen molar-refractivity contribution in [2.24, 2.45) is 0 Å². The topological polar surface area (TPSA) is 105 Å². The third-order valence-electron chi connectivity index (χ3n) is 6.68. The van der Waals surface area contributed by atoms with E-state index in [0.29, 0.717) is 5.75 Å². The molecule has 0 aromatic heterocycles. The normalized spacial score (nSPS) is 15.0. The molecule has 1 fully saturated rings. The van der Waals surface area contributed by atoms with Gasteiger partial charge in [-0.3, -0.25) is 9.59 Å². The van der Waals surface area contributed by atoms with E-state index >= 15 is 0 Å². The Bertz CT molecular complexity index is 1190. The molecule has 1 aliphatic rings. The summed E-state index contributed by atoms with van der Waals surface area (Å²) >= 11 is 0. The lowest BCUT2D eigenvalue weighted by molar-refractivity contribution is -0.132. The fourth-order valence-electron chi connectivity index (χ4n) is 4.66. The summed E-state index contributed by atoms with van der Waals surface area (Å²) < 4.78 is 30.4. The molecular formula is C29H41N3O5S. The molecule has 9 heteroatoms. The van der Waals surface area contributed by atoms with Crippen LogP contribution in [0.15, 0.2) is 48.5 Å². The van der Waals surface area contributed by atoms with Crippen molar-refractivity contribution in [2.75, 3.05) is 24.2 Å². The van der Waals surface area contributed by atoms with Gasteiger partial charge in [-0.2, -0.15) is 0 Å². The van der Waals surface area contributed by atoms with Gasteiger partial charge < -0.3 is 15.0 Å². The second kappa shape index (κ2) is 13.1. The maximum absolute atomic E-state index is 13.1. The van der Waals surface area contributed by atoms with E-state index < -0.39 is 21.5 Å². The second-order valence-corrected chi connectivity index (χ2v) is 12.3. The quantitative estimate of drug-likeness (QED) is 0.409. The van der Waals surface area contributed by atoms with Gasteiger partial charge in [0.25, 0.3) is 5.91 Å². The minimum Gasteiger partial charge on any atom is -0.478 e. The molecule has 0 spiro atoms. The summed E-state index contributed by atoms with van der Waals surface area (Å²) in [5, 5.41) is 3.28. The molecular weight excluding hydrogens is 502 g/mol. The van der Waals surface area contributed by atoms with E-state index in [9.17, 15) is 18.0 Å². The number of ether oxygens (including phenoxy) is 1. The number of hydrogen-bond donors (Lipinski definition) is 2. The molecule has 3 rings (SSSR count). The van der Waals surface area contributed by atoms with Crippen molar-refractivity contribution in [3.05, 3.63) is 59.7 Å². The minimum atomic E-state index is -3.69. The van der Waals surface area contributed by atoms with Crippen LogP contribution in [0.1, 0.15) is 76.5 Å². The number of benzene rings is 2. The van der Waals surface area contributed by atoms with Crippen molar-refractivity contribution in [3.63, 3.8) is 0 Å². The lowest BCUT2D eigenvalue weighted by Gasteiger charge is -2.33. The van der Waals surface area contributed by atoms with E-state index in [1.807, 2.05) is 10.8 Å². The number of nitrogens with one attached hydrogen (secondary N) is 2. The van der Waals surface area contributed by atoms with E-state index in [-0.39, 0.29) is 18.4 Å². The number of anilines is 1. The second-order valence-electron chi connectivity index (χ2n) is 10.5. The number of carbonyl (C=O) groups is 2. The van der Waals surface area contributed by atoms with Gasteiger partial charge in [-0.05, 0) is 68.9 Å². The summed E-state index contributed by atoms with van der Waals surface area (Å²) in [5.41, 5.74) is 1.81. The van der Waals surface area contributed by atoms with Crippen molar-refractivity contribution < 1.29 is 22.7 Å². The fraction of sp³-hybridized carbons (Fsp3) is 0.517. The van der Waals surface area contributed by atoms with Crippen LogP contribution in [-0.2, 0) is 26.0 Å². The monoisotopic (exact) mass is 543 g/mol. The van der Waals surface area contributed by atoms with Crippen molar-refractivity contribution in [3.8, 4) is 5.75 Å². The predicted molar refractivity (Wildman–Crippen MR) is 151 cm³/mol. The summed E-state index contributed by atoms with van der Waals surface area (Å²) in [7, 11) is -3.69. The number of amides is 2. The number of piperidine rings is 1. The molecule has 1 saturated heterocycles. The predicted octanol–water partition coefficient (Wildman–Crippen LogP) is 4.50. The van der Waals surface area contributed by atoms with Crippen LogP contribution in [0.25, 0.3) is 0 Å². The lowest BCUT2D eigenvalue weighted by Crippen LogP contribution is -2.48. The van der Waals surface area contributed by atoms with Crippen LogP contribution < -0.4 is 19.7 Å². The number of nitrogens with zero attached hydrogens (tertiary/aromatic N) is 1. The highest BCUT2D eigenvalue weighted by Gasteiger charge is 2.32. The average Bonchev–Trinajstić information content (AvgIpc) is 2.87. The van der Waals surface area contributed by atoms with Gasteiger partial charge in [0.05, 0.1) is 18.7 Å². The number of sulfonamides is 1. The van der Waals surface area contributed by atoms with Crippen LogP contribution in [0.3, 0.4) is 0 Å². The molecule has 8 nitrogen and oxygen atoms in total. The highest BCUT2D eigenvalue weighted by molar-refractivity contribution is 7.89. The molecule has 0 saturated carbocycles. The summed E-state index contributed by atoms with van der Waals surface area (Å²) in [4.78, 5) is 27.8.